The average Bonchev–Trinajstić information content (AvgIpc) is 2.68. The van der Waals surface area contributed by atoms with Gasteiger partial charge in [-0.05, 0) is 40.8 Å². The van der Waals surface area contributed by atoms with Crippen molar-refractivity contribution in [3.8, 4) is 0 Å². The second-order valence-electron chi connectivity index (χ2n) is 6.10. The average molecular weight is 340 g/mol. The molecule has 0 aliphatic rings. The van der Waals surface area contributed by atoms with Crippen LogP contribution in [0.2, 0.25) is 0 Å². The molecule has 0 unspecified atom stereocenters. The molecule has 128 valence electrons. The summed E-state index contributed by atoms with van der Waals surface area (Å²) >= 11 is 0. The first-order chi connectivity index (χ1) is 12.7. The Bertz CT molecular complexity index is 933. The Morgan fingerprint density at radius 3 is 2.19 bits per heavy atom. The van der Waals surface area contributed by atoms with Crippen LogP contribution in [0.4, 0.5) is 4.39 Å². The van der Waals surface area contributed by atoms with E-state index in [4.69, 9.17) is 0 Å². The van der Waals surface area contributed by atoms with Crippen molar-refractivity contribution < 1.29 is 4.39 Å². The topological polar surface area (TPSA) is 0 Å². The highest BCUT2D eigenvalue weighted by Crippen LogP contribution is 2.17. The summed E-state index contributed by atoms with van der Waals surface area (Å²) in [6.45, 7) is 3.77. The summed E-state index contributed by atoms with van der Waals surface area (Å²) < 4.78 is 14.1. The van der Waals surface area contributed by atoms with Gasteiger partial charge in [-0.3, -0.25) is 0 Å². The fraction of sp³-hybridized carbons (Fsp3) is 0.0400. The lowest BCUT2D eigenvalue weighted by Gasteiger charge is -2.02. The van der Waals surface area contributed by atoms with Crippen LogP contribution >= 0.6 is 0 Å². The highest BCUT2D eigenvalue weighted by atomic mass is 19.1. The number of hydrogen-bond acceptors (Lipinski definition) is 0. The molecule has 0 saturated heterocycles. The summed E-state index contributed by atoms with van der Waals surface area (Å²) in [7, 11) is 0. The number of hydrogen-bond donors (Lipinski definition) is 0. The highest BCUT2D eigenvalue weighted by Gasteiger charge is 2.00. The van der Waals surface area contributed by atoms with Gasteiger partial charge in [0, 0.05) is 5.56 Å². The van der Waals surface area contributed by atoms with E-state index in [1.807, 2.05) is 78.9 Å². The quantitative estimate of drug-likeness (QED) is 0.338. The first-order valence-electron chi connectivity index (χ1n) is 8.65. The Morgan fingerprint density at radius 2 is 1.38 bits per heavy atom. The summed E-state index contributed by atoms with van der Waals surface area (Å²) in [5.74, 6) is -0.222. The molecular weight excluding hydrogens is 319 g/mol. The second-order valence-corrected chi connectivity index (χ2v) is 6.10. The molecule has 1 heteroatoms. The van der Waals surface area contributed by atoms with Crippen molar-refractivity contribution in [1.82, 2.24) is 0 Å². The van der Waals surface area contributed by atoms with Crippen molar-refractivity contribution in [3.63, 3.8) is 0 Å². The zero-order valence-corrected chi connectivity index (χ0v) is 14.6. The molecule has 0 bridgehead atoms. The molecule has 0 saturated carbocycles. The maximum absolute atomic E-state index is 14.1. The van der Waals surface area contributed by atoms with Gasteiger partial charge in [-0.25, -0.2) is 4.39 Å². The van der Waals surface area contributed by atoms with Gasteiger partial charge in [0.15, 0.2) is 0 Å². The van der Waals surface area contributed by atoms with Gasteiger partial charge in [-0.15, -0.1) is 6.58 Å². The normalized spacial score (nSPS) is 11.3. The first kappa shape index (κ1) is 17.6. The third kappa shape index (κ3) is 4.90. The molecule has 3 aromatic carbocycles. The molecule has 0 N–H and O–H groups in total. The van der Waals surface area contributed by atoms with E-state index in [1.54, 1.807) is 6.07 Å². The van der Waals surface area contributed by atoms with Gasteiger partial charge in [-0.1, -0.05) is 91.0 Å². The van der Waals surface area contributed by atoms with Crippen molar-refractivity contribution in [2.45, 2.75) is 6.42 Å². The van der Waals surface area contributed by atoms with Crippen LogP contribution in [0.15, 0.2) is 85.5 Å². The Kier molecular flexibility index (Phi) is 5.95. The van der Waals surface area contributed by atoms with Gasteiger partial charge < -0.3 is 0 Å². The van der Waals surface area contributed by atoms with Crippen molar-refractivity contribution >= 4 is 24.3 Å². The first-order valence-corrected chi connectivity index (χ1v) is 8.65. The van der Waals surface area contributed by atoms with Crippen molar-refractivity contribution in [2.75, 3.05) is 0 Å². The van der Waals surface area contributed by atoms with E-state index in [1.165, 1.54) is 11.6 Å². The predicted molar refractivity (Wildman–Crippen MR) is 111 cm³/mol. The van der Waals surface area contributed by atoms with Gasteiger partial charge >= 0.3 is 0 Å². The van der Waals surface area contributed by atoms with Crippen LogP contribution in [0.25, 0.3) is 24.3 Å². The lowest BCUT2D eigenvalue weighted by Crippen LogP contribution is -1.84. The Morgan fingerprint density at radius 1 is 0.692 bits per heavy atom. The van der Waals surface area contributed by atoms with E-state index >= 15 is 0 Å². The Labute approximate surface area is 154 Å². The minimum Gasteiger partial charge on any atom is -0.206 e. The third-order valence-corrected chi connectivity index (χ3v) is 4.07. The molecule has 26 heavy (non-hydrogen) atoms. The molecule has 0 heterocycles. The van der Waals surface area contributed by atoms with E-state index in [0.29, 0.717) is 5.56 Å². The van der Waals surface area contributed by atoms with E-state index in [0.717, 1.165) is 23.1 Å². The van der Waals surface area contributed by atoms with E-state index in [2.05, 4.69) is 18.7 Å². The van der Waals surface area contributed by atoms with Crippen LogP contribution in [-0.4, -0.2) is 0 Å². The maximum atomic E-state index is 14.1. The fourth-order valence-corrected chi connectivity index (χ4v) is 2.73. The number of rotatable bonds is 6. The molecule has 0 aliphatic heterocycles. The van der Waals surface area contributed by atoms with E-state index in [-0.39, 0.29) is 5.82 Å². The predicted octanol–water partition coefficient (Wildman–Crippen LogP) is 6.90. The van der Waals surface area contributed by atoms with Crippen LogP contribution in [0.3, 0.4) is 0 Å². The summed E-state index contributed by atoms with van der Waals surface area (Å²) in [6, 6.07) is 23.4. The molecular formula is C25H21F. The standard InChI is InChI=1S/C25H21F/c1-2-7-21-10-6-11-22(18-21)14-16-24-19-23(15-17-25(24)26)13-12-20-8-4-3-5-9-20/h2-6,8-19H,1,7H2/b13-12+,16-14+. The van der Waals surface area contributed by atoms with Gasteiger partial charge in [0.05, 0.1) is 0 Å². The molecule has 3 aromatic rings. The van der Waals surface area contributed by atoms with Crippen molar-refractivity contribution in [2.24, 2.45) is 0 Å². The summed E-state index contributed by atoms with van der Waals surface area (Å²) in [6.07, 6.45) is 10.5. The van der Waals surface area contributed by atoms with Gasteiger partial charge in [-0.2, -0.15) is 0 Å². The minimum atomic E-state index is -0.222. The maximum Gasteiger partial charge on any atom is 0.130 e. The third-order valence-electron chi connectivity index (χ3n) is 4.07. The summed E-state index contributed by atoms with van der Waals surface area (Å²) in [5.41, 5.74) is 4.91. The number of benzene rings is 3. The zero-order chi connectivity index (χ0) is 18.2. The monoisotopic (exact) mass is 340 g/mol. The lowest BCUT2D eigenvalue weighted by atomic mass is 10.0. The van der Waals surface area contributed by atoms with Crippen LogP contribution < -0.4 is 0 Å². The number of halogens is 1. The Hall–Kier alpha value is -3.19. The molecule has 0 aliphatic carbocycles. The van der Waals surface area contributed by atoms with Gasteiger partial charge in [0.1, 0.15) is 5.82 Å². The molecule has 0 nitrogen and oxygen atoms in total. The molecule has 0 aromatic heterocycles. The van der Waals surface area contributed by atoms with Crippen molar-refractivity contribution in [3.05, 3.63) is 119 Å². The van der Waals surface area contributed by atoms with Crippen LogP contribution in [0.5, 0.6) is 0 Å². The minimum absolute atomic E-state index is 0.222. The summed E-state index contributed by atoms with van der Waals surface area (Å²) in [4.78, 5) is 0. The highest BCUT2D eigenvalue weighted by molar-refractivity contribution is 5.74. The second kappa shape index (κ2) is 8.77. The molecule has 0 atom stereocenters. The number of allylic oxidation sites excluding steroid dienone is 1. The summed E-state index contributed by atoms with van der Waals surface area (Å²) in [5, 5.41) is 0. The Balaban J connectivity index is 1.80. The smallest absolute Gasteiger partial charge is 0.130 e. The molecule has 0 amide bonds. The van der Waals surface area contributed by atoms with E-state index < -0.39 is 0 Å². The van der Waals surface area contributed by atoms with Gasteiger partial charge in [0.25, 0.3) is 0 Å². The fourth-order valence-electron chi connectivity index (χ4n) is 2.73. The van der Waals surface area contributed by atoms with Gasteiger partial charge in [0.2, 0.25) is 0 Å². The molecule has 0 fully saturated rings. The largest absolute Gasteiger partial charge is 0.206 e. The lowest BCUT2D eigenvalue weighted by molar-refractivity contribution is 0.625. The van der Waals surface area contributed by atoms with Crippen molar-refractivity contribution in [1.29, 1.82) is 0 Å². The zero-order valence-electron chi connectivity index (χ0n) is 14.6. The molecule has 3 rings (SSSR count). The van der Waals surface area contributed by atoms with E-state index in [9.17, 15) is 4.39 Å². The van der Waals surface area contributed by atoms with Crippen LogP contribution in [0, 0.1) is 5.82 Å². The van der Waals surface area contributed by atoms with Crippen LogP contribution in [-0.2, 0) is 6.42 Å². The molecule has 0 spiro atoms. The SMILES string of the molecule is C=CCc1cccc(/C=C/c2cc(/C=C/c3ccccc3)ccc2F)c1. The van der Waals surface area contributed by atoms with Crippen LogP contribution in [0.1, 0.15) is 27.8 Å². The molecule has 0 radical (unpaired) electrons.